The van der Waals surface area contributed by atoms with Crippen molar-refractivity contribution in [2.75, 3.05) is 6.54 Å². The second-order valence-corrected chi connectivity index (χ2v) is 5.02. The summed E-state index contributed by atoms with van der Waals surface area (Å²) in [6.45, 7) is 4.12. The van der Waals surface area contributed by atoms with Crippen LogP contribution in [0, 0.1) is 0 Å². The third-order valence-corrected chi connectivity index (χ3v) is 1.68. The summed E-state index contributed by atoms with van der Waals surface area (Å²) in [5.41, 5.74) is 0. The maximum atomic E-state index is 11.2. The second kappa shape index (κ2) is 5.30. The van der Waals surface area contributed by atoms with Gasteiger partial charge in [0, 0.05) is 13.0 Å². The van der Waals surface area contributed by atoms with Crippen molar-refractivity contribution in [3.05, 3.63) is 0 Å². The molecule has 0 aliphatic carbocycles. The maximum Gasteiger partial charge on any atom is 0.236 e. The first-order chi connectivity index (χ1) is 5.48. The molecule has 4 heteroatoms. The fraction of sp³-hybridized carbons (Fsp3) is 0.750. The number of alkyl halides is 1. The van der Waals surface area contributed by atoms with Crippen molar-refractivity contribution in [3.8, 4) is 0 Å². The Labute approximate surface area is 81.0 Å². The van der Waals surface area contributed by atoms with Gasteiger partial charge in [0.15, 0.2) is 0 Å². The van der Waals surface area contributed by atoms with Gasteiger partial charge < -0.3 is 10.1 Å². The number of unbranched alkanes of at least 4 members (excludes halogenated alkanes) is 1. The number of amides is 1. The number of hydrogen-bond acceptors (Lipinski definition) is 2. The van der Waals surface area contributed by atoms with E-state index in [1.807, 2.05) is 0 Å². The fourth-order valence-electron chi connectivity index (χ4n) is 0.597. The van der Waals surface area contributed by atoms with Gasteiger partial charge in [-0.2, -0.15) is 0 Å². The van der Waals surface area contributed by atoms with E-state index in [1.54, 1.807) is 13.8 Å². The van der Waals surface area contributed by atoms with E-state index in [1.165, 1.54) is 0 Å². The van der Waals surface area contributed by atoms with E-state index in [4.69, 9.17) is 0 Å². The number of halogens is 1. The Morgan fingerprint density at radius 3 is 2.58 bits per heavy atom. The van der Waals surface area contributed by atoms with Crippen LogP contribution in [-0.2, 0) is 9.59 Å². The third kappa shape index (κ3) is 5.29. The summed E-state index contributed by atoms with van der Waals surface area (Å²) in [5.74, 6) is -0.0478. The first-order valence-electron chi connectivity index (χ1n) is 3.89. The van der Waals surface area contributed by atoms with Crippen molar-refractivity contribution < 1.29 is 9.59 Å². The summed E-state index contributed by atoms with van der Waals surface area (Å²) >= 11 is 3.23. The van der Waals surface area contributed by atoms with Crippen molar-refractivity contribution in [2.45, 2.75) is 31.0 Å². The van der Waals surface area contributed by atoms with Gasteiger partial charge in [-0.25, -0.2) is 0 Å². The number of aldehydes is 1. The lowest BCUT2D eigenvalue weighted by Gasteiger charge is -2.15. The highest BCUT2D eigenvalue weighted by molar-refractivity contribution is 9.10. The van der Waals surface area contributed by atoms with Crippen LogP contribution in [0.3, 0.4) is 0 Å². The summed E-state index contributed by atoms with van der Waals surface area (Å²) in [4.78, 5) is 21.1. The van der Waals surface area contributed by atoms with Crippen molar-refractivity contribution in [2.24, 2.45) is 0 Å². The molecule has 0 aromatic carbocycles. The molecule has 3 nitrogen and oxygen atoms in total. The Morgan fingerprint density at radius 1 is 1.58 bits per heavy atom. The summed E-state index contributed by atoms with van der Waals surface area (Å²) in [5, 5.41) is 2.71. The molecule has 0 unspecified atom stereocenters. The van der Waals surface area contributed by atoms with E-state index in [2.05, 4.69) is 21.2 Å². The van der Waals surface area contributed by atoms with Crippen molar-refractivity contribution in [1.29, 1.82) is 0 Å². The summed E-state index contributed by atoms with van der Waals surface area (Å²) in [6, 6.07) is 0. The SMILES string of the molecule is CC(C)(Br)C(=O)NCCCC=O. The molecule has 0 aliphatic heterocycles. The zero-order valence-corrected chi connectivity index (χ0v) is 8.98. The molecule has 1 amide bonds. The van der Waals surface area contributed by atoms with Gasteiger partial charge in [-0.15, -0.1) is 0 Å². The molecule has 0 heterocycles. The van der Waals surface area contributed by atoms with E-state index < -0.39 is 4.32 Å². The molecule has 0 aromatic rings. The molecule has 12 heavy (non-hydrogen) atoms. The normalized spacial score (nSPS) is 10.9. The van der Waals surface area contributed by atoms with Gasteiger partial charge in [-0.05, 0) is 20.3 Å². The molecule has 0 fully saturated rings. The van der Waals surface area contributed by atoms with E-state index in [0.717, 1.165) is 6.29 Å². The fourth-order valence-corrected chi connectivity index (χ4v) is 0.738. The van der Waals surface area contributed by atoms with Crippen molar-refractivity contribution in [1.82, 2.24) is 5.32 Å². The van der Waals surface area contributed by atoms with Crippen molar-refractivity contribution in [3.63, 3.8) is 0 Å². The van der Waals surface area contributed by atoms with E-state index >= 15 is 0 Å². The first kappa shape index (κ1) is 11.6. The lowest BCUT2D eigenvalue weighted by Crippen LogP contribution is -2.37. The highest BCUT2D eigenvalue weighted by atomic mass is 79.9. The van der Waals surface area contributed by atoms with Gasteiger partial charge in [0.2, 0.25) is 5.91 Å². The molecule has 0 aromatic heterocycles. The summed E-state index contributed by atoms with van der Waals surface area (Å²) in [7, 11) is 0. The lowest BCUT2D eigenvalue weighted by molar-refractivity contribution is -0.122. The van der Waals surface area contributed by atoms with Gasteiger partial charge >= 0.3 is 0 Å². The molecule has 0 bridgehead atoms. The predicted molar refractivity (Wildman–Crippen MR) is 51.3 cm³/mol. The zero-order chi connectivity index (χ0) is 9.61. The summed E-state index contributed by atoms with van der Waals surface area (Å²) in [6.07, 6.45) is 2.06. The molecular weight excluding hydrogens is 222 g/mol. The lowest BCUT2D eigenvalue weighted by atomic mass is 10.2. The number of hydrogen-bond donors (Lipinski definition) is 1. The Balaban J connectivity index is 3.51. The Bertz CT molecular complexity index is 163. The van der Waals surface area contributed by atoms with Crippen LogP contribution in [0.4, 0.5) is 0 Å². The van der Waals surface area contributed by atoms with E-state index in [-0.39, 0.29) is 5.91 Å². The van der Waals surface area contributed by atoms with Gasteiger partial charge in [-0.1, -0.05) is 15.9 Å². The number of carbonyl (C=O) groups excluding carboxylic acids is 2. The highest BCUT2D eigenvalue weighted by Crippen LogP contribution is 2.14. The van der Waals surface area contributed by atoms with Crippen LogP contribution < -0.4 is 5.32 Å². The maximum absolute atomic E-state index is 11.2. The second-order valence-electron chi connectivity index (χ2n) is 3.04. The topological polar surface area (TPSA) is 46.2 Å². The van der Waals surface area contributed by atoms with Crippen LogP contribution in [-0.4, -0.2) is 23.1 Å². The Morgan fingerprint density at radius 2 is 2.17 bits per heavy atom. The van der Waals surface area contributed by atoms with Gasteiger partial charge in [0.05, 0.1) is 4.32 Å². The van der Waals surface area contributed by atoms with Crippen LogP contribution in [0.15, 0.2) is 0 Å². The average molecular weight is 236 g/mol. The molecule has 0 saturated heterocycles. The molecule has 0 spiro atoms. The van der Waals surface area contributed by atoms with Gasteiger partial charge in [0.25, 0.3) is 0 Å². The number of nitrogens with one attached hydrogen (secondary N) is 1. The minimum Gasteiger partial charge on any atom is -0.355 e. The number of rotatable bonds is 5. The highest BCUT2D eigenvalue weighted by Gasteiger charge is 2.22. The first-order valence-corrected chi connectivity index (χ1v) is 4.68. The van der Waals surface area contributed by atoms with E-state index in [9.17, 15) is 9.59 Å². The molecule has 0 atom stereocenters. The largest absolute Gasteiger partial charge is 0.355 e. The van der Waals surface area contributed by atoms with E-state index in [0.29, 0.717) is 19.4 Å². The molecule has 0 aliphatic rings. The zero-order valence-electron chi connectivity index (χ0n) is 7.39. The minimum absolute atomic E-state index is 0.0478. The quantitative estimate of drug-likeness (QED) is 0.443. The smallest absolute Gasteiger partial charge is 0.236 e. The van der Waals surface area contributed by atoms with Crippen LogP contribution in [0.2, 0.25) is 0 Å². The monoisotopic (exact) mass is 235 g/mol. The van der Waals surface area contributed by atoms with Crippen LogP contribution in [0.25, 0.3) is 0 Å². The van der Waals surface area contributed by atoms with Gasteiger partial charge in [-0.3, -0.25) is 4.79 Å². The molecule has 70 valence electrons. The molecule has 0 saturated carbocycles. The Hall–Kier alpha value is -0.380. The molecule has 0 radical (unpaired) electrons. The van der Waals surface area contributed by atoms with Crippen LogP contribution >= 0.6 is 15.9 Å². The van der Waals surface area contributed by atoms with Crippen LogP contribution in [0.5, 0.6) is 0 Å². The average Bonchev–Trinajstić information content (AvgIpc) is 1.96. The third-order valence-electron chi connectivity index (χ3n) is 1.32. The van der Waals surface area contributed by atoms with Gasteiger partial charge in [0.1, 0.15) is 6.29 Å². The predicted octanol–water partition coefficient (Wildman–Crippen LogP) is 1.26. The Kier molecular flexibility index (Phi) is 5.13. The summed E-state index contributed by atoms with van der Waals surface area (Å²) < 4.78 is -0.520. The molecular formula is C8H14BrNO2. The number of carbonyl (C=O) groups is 2. The molecule has 1 N–H and O–H groups in total. The molecule has 0 rings (SSSR count). The minimum atomic E-state index is -0.520. The standard InChI is InChI=1S/C8H14BrNO2/c1-8(2,9)7(12)10-5-3-4-6-11/h6H,3-5H2,1-2H3,(H,10,12). The van der Waals surface area contributed by atoms with Crippen molar-refractivity contribution >= 4 is 28.1 Å². The van der Waals surface area contributed by atoms with Crippen LogP contribution in [0.1, 0.15) is 26.7 Å².